The largest absolute Gasteiger partial charge is 0.273 e. The van der Waals surface area contributed by atoms with Crippen molar-refractivity contribution in [1.82, 2.24) is 5.43 Å². The van der Waals surface area contributed by atoms with E-state index >= 15 is 0 Å². The number of hydrogen-bond donors (Lipinski definition) is 1. The zero-order valence-electron chi connectivity index (χ0n) is 7.95. The summed E-state index contributed by atoms with van der Waals surface area (Å²) >= 11 is 0. The maximum Gasteiger partial charge on any atom is 0.246 e. The van der Waals surface area contributed by atoms with Crippen LogP contribution in [0.1, 0.15) is 12.0 Å². The van der Waals surface area contributed by atoms with Crippen molar-refractivity contribution >= 4 is 11.6 Å². The van der Waals surface area contributed by atoms with E-state index in [1.807, 2.05) is 5.43 Å². The topological polar surface area (TPSA) is 41.5 Å². The number of nitrogens with one attached hydrogen (secondary N) is 1. The Morgan fingerprint density at radius 3 is 1.76 bits per heavy atom. The standard InChI is InChI=1S/C9H3F5N2O/c10-5-4(2-1-3(17)16-15-2)6(11)8(13)9(14)7(5)12/h1H2,(H,16,17). The molecule has 0 spiro atoms. The minimum absolute atomic E-state index is 0.525. The van der Waals surface area contributed by atoms with Crippen LogP contribution in [0.4, 0.5) is 22.0 Å². The van der Waals surface area contributed by atoms with Crippen LogP contribution < -0.4 is 5.43 Å². The molecule has 0 atom stereocenters. The van der Waals surface area contributed by atoms with Crippen LogP contribution in [0, 0.1) is 29.1 Å². The molecule has 17 heavy (non-hydrogen) atoms. The molecule has 0 saturated carbocycles. The molecule has 2 rings (SSSR count). The van der Waals surface area contributed by atoms with Gasteiger partial charge in [0.15, 0.2) is 23.3 Å². The van der Waals surface area contributed by atoms with E-state index in [9.17, 15) is 26.7 Å². The van der Waals surface area contributed by atoms with Crippen molar-refractivity contribution in [1.29, 1.82) is 0 Å². The number of amides is 1. The normalized spacial score (nSPS) is 14.9. The van der Waals surface area contributed by atoms with Crippen LogP contribution in [0.15, 0.2) is 5.10 Å². The Hall–Kier alpha value is -1.99. The predicted octanol–water partition coefficient (Wildman–Crippen LogP) is 1.61. The van der Waals surface area contributed by atoms with Gasteiger partial charge < -0.3 is 0 Å². The molecule has 1 aromatic rings. The van der Waals surface area contributed by atoms with Gasteiger partial charge in [-0.15, -0.1) is 0 Å². The molecule has 8 heteroatoms. The van der Waals surface area contributed by atoms with Crippen LogP contribution in [-0.4, -0.2) is 11.6 Å². The van der Waals surface area contributed by atoms with Crippen LogP contribution >= 0.6 is 0 Å². The third-order valence-corrected chi connectivity index (χ3v) is 2.14. The molecule has 0 saturated heterocycles. The lowest BCUT2D eigenvalue weighted by atomic mass is 10.1. The van der Waals surface area contributed by atoms with Gasteiger partial charge in [-0.2, -0.15) is 5.10 Å². The first-order chi connectivity index (χ1) is 7.93. The van der Waals surface area contributed by atoms with E-state index in [1.54, 1.807) is 0 Å². The number of hydrogen-bond acceptors (Lipinski definition) is 2. The zero-order valence-corrected chi connectivity index (χ0v) is 7.95. The smallest absolute Gasteiger partial charge is 0.246 e. The number of carbonyl (C=O) groups is 1. The van der Waals surface area contributed by atoms with Gasteiger partial charge in [-0.05, 0) is 0 Å². The van der Waals surface area contributed by atoms with Crippen molar-refractivity contribution in [3.05, 3.63) is 34.6 Å². The van der Waals surface area contributed by atoms with Gasteiger partial charge in [0.2, 0.25) is 11.7 Å². The van der Waals surface area contributed by atoms with Crippen molar-refractivity contribution in [3.63, 3.8) is 0 Å². The fraction of sp³-hybridized carbons (Fsp3) is 0.111. The number of hydrazone groups is 1. The second kappa shape index (κ2) is 3.79. The van der Waals surface area contributed by atoms with E-state index in [-0.39, 0.29) is 0 Å². The number of halogens is 5. The average molecular weight is 250 g/mol. The Labute approximate surface area is 90.9 Å². The summed E-state index contributed by atoms with van der Waals surface area (Å²) in [7, 11) is 0. The molecule has 0 unspecified atom stereocenters. The third-order valence-electron chi connectivity index (χ3n) is 2.14. The Kier molecular flexibility index (Phi) is 2.56. The van der Waals surface area contributed by atoms with E-state index < -0.39 is 52.7 Å². The summed E-state index contributed by atoms with van der Waals surface area (Å²) in [6.45, 7) is 0. The number of rotatable bonds is 1. The summed E-state index contributed by atoms with van der Waals surface area (Å²) in [5.74, 6) is -11.1. The first-order valence-corrected chi connectivity index (χ1v) is 4.30. The van der Waals surface area contributed by atoms with Gasteiger partial charge in [-0.3, -0.25) is 4.79 Å². The van der Waals surface area contributed by atoms with Crippen LogP contribution in [0.25, 0.3) is 0 Å². The molecule has 0 aliphatic carbocycles. The lowest BCUT2D eigenvalue weighted by molar-refractivity contribution is -0.119. The molecular formula is C9H3F5N2O. The van der Waals surface area contributed by atoms with Gasteiger partial charge in [0.1, 0.15) is 0 Å². The highest BCUT2D eigenvalue weighted by Crippen LogP contribution is 2.25. The van der Waals surface area contributed by atoms with Gasteiger partial charge in [-0.25, -0.2) is 27.4 Å². The van der Waals surface area contributed by atoms with Crippen molar-refractivity contribution in [2.24, 2.45) is 5.10 Å². The summed E-state index contributed by atoms with van der Waals surface area (Å²) in [4.78, 5) is 10.8. The molecule has 1 N–H and O–H groups in total. The Bertz CT molecular complexity index is 526. The zero-order chi connectivity index (χ0) is 12.7. The van der Waals surface area contributed by atoms with E-state index in [0.717, 1.165) is 0 Å². The summed E-state index contributed by atoms with van der Waals surface area (Å²) in [5, 5.41) is 3.20. The molecule has 0 bridgehead atoms. The second-order valence-corrected chi connectivity index (χ2v) is 3.22. The quantitative estimate of drug-likeness (QED) is 0.459. The lowest BCUT2D eigenvalue weighted by Gasteiger charge is -2.06. The predicted molar refractivity (Wildman–Crippen MR) is 45.5 cm³/mol. The van der Waals surface area contributed by atoms with Crippen LogP contribution in [0.5, 0.6) is 0 Å². The summed E-state index contributed by atoms with van der Waals surface area (Å²) in [6.07, 6.45) is -0.543. The highest BCUT2D eigenvalue weighted by Gasteiger charge is 2.30. The molecule has 1 aromatic carbocycles. The minimum atomic E-state index is -2.25. The van der Waals surface area contributed by atoms with E-state index in [0.29, 0.717) is 0 Å². The van der Waals surface area contributed by atoms with Gasteiger partial charge >= 0.3 is 0 Å². The fourth-order valence-electron chi connectivity index (χ4n) is 1.36. The fourth-order valence-corrected chi connectivity index (χ4v) is 1.36. The van der Waals surface area contributed by atoms with E-state index in [2.05, 4.69) is 5.10 Å². The van der Waals surface area contributed by atoms with Gasteiger partial charge in [-0.1, -0.05) is 0 Å². The Balaban J connectivity index is 2.66. The van der Waals surface area contributed by atoms with E-state index in [1.165, 1.54) is 0 Å². The molecule has 3 nitrogen and oxygen atoms in total. The van der Waals surface area contributed by atoms with Crippen molar-refractivity contribution < 1.29 is 26.7 Å². The van der Waals surface area contributed by atoms with Crippen molar-refractivity contribution in [2.45, 2.75) is 6.42 Å². The highest BCUT2D eigenvalue weighted by atomic mass is 19.2. The molecule has 1 amide bonds. The molecule has 90 valence electrons. The number of nitrogens with zero attached hydrogens (tertiary/aromatic N) is 1. The summed E-state index contributed by atoms with van der Waals surface area (Å²) in [5.41, 5.74) is 0.147. The highest BCUT2D eigenvalue weighted by molar-refractivity contribution is 6.13. The molecular weight excluding hydrogens is 247 g/mol. The van der Waals surface area contributed by atoms with Crippen molar-refractivity contribution in [3.8, 4) is 0 Å². The SMILES string of the molecule is O=C1CC(c2c(F)c(F)c(F)c(F)c2F)=NN1. The molecule has 1 aliphatic rings. The van der Waals surface area contributed by atoms with Gasteiger partial charge in [0.05, 0.1) is 17.7 Å². The summed E-state index contributed by atoms with van der Waals surface area (Å²) < 4.78 is 64.9. The third kappa shape index (κ3) is 1.65. The van der Waals surface area contributed by atoms with Crippen molar-refractivity contribution in [2.75, 3.05) is 0 Å². The second-order valence-electron chi connectivity index (χ2n) is 3.22. The van der Waals surface area contributed by atoms with Crippen LogP contribution in [0.2, 0.25) is 0 Å². The maximum atomic E-state index is 13.2. The maximum absolute atomic E-state index is 13.2. The average Bonchev–Trinajstić information content (AvgIpc) is 2.71. The van der Waals surface area contributed by atoms with E-state index in [4.69, 9.17) is 0 Å². The first-order valence-electron chi connectivity index (χ1n) is 4.30. The summed E-state index contributed by atoms with van der Waals surface area (Å²) in [6, 6.07) is 0. The molecule has 0 radical (unpaired) electrons. The molecule has 0 fully saturated rings. The monoisotopic (exact) mass is 250 g/mol. The van der Waals surface area contributed by atoms with Crippen LogP contribution in [0.3, 0.4) is 0 Å². The van der Waals surface area contributed by atoms with Gasteiger partial charge in [0, 0.05) is 0 Å². The minimum Gasteiger partial charge on any atom is -0.273 e. The van der Waals surface area contributed by atoms with Gasteiger partial charge in [0.25, 0.3) is 0 Å². The molecule has 1 heterocycles. The number of carbonyl (C=O) groups excluding carboxylic acids is 1. The van der Waals surface area contributed by atoms with Crippen LogP contribution in [-0.2, 0) is 4.79 Å². The number of benzene rings is 1. The lowest BCUT2D eigenvalue weighted by Crippen LogP contribution is -2.13. The molecule has 1 aliphatic heterocycles. The Morgan fingerprint density at radius 2 is 1.35 bits per heavy atom. The Morgan fingerprint density at radius 1 is 0.882 bits per heavy atom. The molecule has 0 aromatic heterocycles. The first kappa shape index (κ1) is 11.5.